The molecule has 0 rings (SSSR count). The molecular weight excluding hydrogens is 95.0 g/mol. The molecule has 0 aliphatic carbocycles. The maximum atomic E-state index is 7.62. The summed E-state index contributed by atoms with van der Waals surface area (Å²) in [6, 6.07) is 0. The Bertz CT molecular complexity index is 8.00. The lowest BCUT2D eigenvalue weighted by atomic mass is 15.9. The van der Waals surface area contributed by atoms with Gasteiger partial charge >= 0.3 is 0 Å². The van der Waals surface area contributed by atoms with Crippen LogP contribution in [0.4, 0.5) is 0 Å². The SMILES string of the molecule is OPSO. The summed E-state index contributed by atoms with van der Waals surface area (Å²) in [7, 11) is -0.387. The van der Waals surface area contributed by atoms with Crippen LogP contribution in [0.2, 0.25) is 0 Å². The molecule has 0 saturated carbocycles. The molecule has 0 spiro atoms. The Kier molecular flexibility index (Phi) is 4.35. The average Bonchev–Trinajstić information content (AvgIpc) is 1.37. The monoisotopic (exact) mass is 98.0 g/mol. The fraction of sp³-hybridized carbons (Fsp3) is 0. The van der Waals surface area contributed by atoms with Crippen molar-refractivity contribution in [3.8, 4) is 0 Å². The van der Waals surface area contributed by atoms with Gasteiger partial charge in [0.05, 0.1) is 8.01 Å². The molecule has 2 nitrogen and oxygen atoms in total. The van der Waals surface area contributed by atoms with Gasteiger partial charge in [-0.05, 0) is 0 Å². The quantitative estimate of drug-likeness (QED) is 0.374. The Balaban J connectivity index is 1.97. The third kappa shape index (κ3) is 2.70. The molecule has 0 aromatic carbocycles. The third-order valence-corrected chi connectivity index (χ3v) is 0.367. The lowest BCUT2D eigenvalue weighted by Gasteiger charge is -1.68. The van der Waals surface area contributed by atoms with Crippen LogP contribution in [0.3, 0.4) is 0 Å². The summed E-state index contributed by atoms with van der Waals surface area (Å²) in [6.45, 7) is 0. The van der Waals surface area contributed by atoms with Gasteiger partial charge in [-0.2, -0.15) is 0 Å². The zero-order valence-corrected chi connectivity index (χ0v) is 3.62. The van der Waals surface area contributed by atoms with E-state index in [1.807, 2.05) is 0 Å². The van der Waals surface area contributed by atoms with Gasteiger partial charge in [-0.1, -0.05) is 0 Å². The Morgan fingerprint density at radius 3 is 2.00 bits per heavy atom. The number of rotatable bonds is 1. The summed E-state index contributed by atoms with van der Waals surface area (Å²) < 4.78 is 7.55. The summed E-state index contributed by atoms with van der Waals surface area (Å²) >= 11 is 0.440. The van der Waals surface area contributed by atoms with E-state index in [-0.39, 0.29) is 8.01 Å². The van der Waals surface area contributed by atoms with Crippen molar-refractivity contribution in [3.05, 3.63) is 0 Å². The highest BCUT2D eigenvalue weighted by Crippen LogP contribution is 2.17. The van der Waals surface area contributed by atoms with Crippen LogP contribution in [0.15, 0.2) is 0 Å². The van der Waals surface area contributed by atoms with Gasteiger partial charge in [0.25, 0.3) is 0 Å². The van der Waals surface area contributed by atoms with Crippen LogP contribution in [0.1, 0.15) is 0 Å². The van der Waals surface area contributed by atoms with E-state index in [4.69, 9.17) is 9.45 Å². The molecule has 0 aliphatic rings. The largest absolute Gasteiger partial charge is 0.364 e. The first-order valence-electron chi connectivity index (χ1n) is 0.610. The summed E-state index contributed by atoms with van der Waals surface area (Å²) in [5.74, 6) is 0. The van der Waals surface area contributed by atoms with E-state index < -0.39 is 0 Å². The van der Waals surface area contributed by atoms with E-state index in [9.17, 15) is 0 Å². The summed E-state index contributed by atoms with van der Waals surface area (Å²) in [4.78, 5) is 7.62. The zero-order chi connectivity index (χ0) is 3.41. The summed E-state index contributed by atoms with van der Waals surface area (Å²) in [6.07, 6.45) is 0. The summed E-state index contributed by atoms with van der Waals surface area (Å²) in [5, 5.41) is 0. The van der Waals surface area contributed by atoms with Crippen LogP contribution in [-0.4, -0.2) is 9.45 Å². The molecule has 0 aromatic rings. The second-order valence-corrected chi connectivity index (χ2v) is 1.64. The van der Waals surface area contributed by atoms with E-state index in [0.717, 1.165) is 0 Å². The molecular formula is H3O2PS. The number of hydrogen-bond acceptors (Lipinski definition) is 3. The second-order valence-electron chi connectivity index (χ2n) is 0.183. The van der Waals surface area contributed by atoms with Crippen molar-refractivity contribution in [1.82, 2.24) is 0 Å². The van der Waals surface area contributed by atoms with Crippen molar-refractivity contribution in [2.75, 3.05) is 0 Å². The molecule has 0 aliphatic heterocycles. The number of hydrogen-bond donors (Lipinski definition) is 2. The van der Waals surface area contributed by atoms with Crippen molar-refractivity contribution in [3.63, 3.8) is 0 Å². The van der Waals surface area contributed by atoms with Crippen molar-refractivity contribution in [1.29, 1.82) is 0 Å². The van der Waals surface area contributed by atoms with Crippen LogP contribution in [0.25, 0.3) is 0 Å². The first-order valence-corrected chi connectivity index (χ1v) is 3.06. The third-order valence-electron chi connectivity index (χ3n) is 0.0408. The van der Waals surface area contributed by atoms with Crippen LogP contribution < -0.4 is 0 Å². The van der Waals surface area contributed by atoms with Crippen molar-refractivity contribution in [2.45, 2.75) is 0 Å². The Labute approximate surface area is 30.0 Å². The molecule has 4 heteroatoms. The van der Waals surface area contributed by atoms with E-state index in [2.05, 4.69) is 0 Å². The van der Waals surface area contributed by atoms with Gasteiger partial charge in [0.2, 0.25) is 0 Å². The van der Waals surface area contributed by atoms with Crippen molar-refractivity contribution >= 4 is 19.7 Å². The van der Waals surface area contributed by atoms with Gasteiger partial charge in [0.15, 0.2) is 0 Å². The lowest BCUT2D eigenvalue weighted by Crippen LogP contribution is -1.27. The maximum Gasteiger partial charge on any atom is 0.0997 e. The standard InChI is InChI=1S/H3O2PS/c1-3-4-2/h1-3H. The van der Waals surface area contributed by atoms with Gasteiger partial charge < -0.3 is 9.45 Å². The van der Waals surface area contributed by atoms with Gasteiger partial charge in [0, 0.05) is 11.7 Å². The van der Waals surface area contributed by atoms with E-state index in [0.29, 0.717) is 11.7 Å². The normalized spacial score (nSPS) is 10.5. The van der Waals surface area contributed by atoms with E-state index >= 15 is 0 Å². The molecule has 0 fully saturated rings. The highest BCUT2D eigenvalue weighted by atomic mass is 32.7. The fourth-order valence-electron chi connectivity index (χ4n) is 0. The van der Waals surface area contributed by atoms with Gasteiger partial charge in [-0.15, -0.1) is 0 Å². The van der Waals surface area contributed by atoms with Crippen LogP contribution >= 0.6 is 19.7 Å². The minimum absolute atomic E-state index is 0.387. The fourth-order valence-corrected chi connectivity index (χ4v) is 0. The lowest BCUT2D eigenvalue weighted by molar-refractivity contribution is 0.643. The molecule has 0 amide bonds. The minimum Gasteiger partial charge on any atom is -0.364 e. The highest BCUT2D eigenvalue weighted by Gasteiger charge is 1.59. The minimum atomic E-state index is -0.387. The molecule has 2 N–H and O–H groups in total. The molecule has 0 aromatic heterocycles. The predicted molar refractivity (Wildman–Crippen MR) is 20.8 cm³/mol. The predicted octanol–water partition coefficient (Wildman–Crippen LogP) is 0.693. The van der Waals surface area contributed by atoms with Crippen LogP contribution in [0.5, 0.6) is 0 Å². The molecule has 1 unspecified atom stereocenters. The molecule has 4 heavy (non-hydrogen) atoms. The molecule has 0 heterocycles. The zero-order valence-electron chi connectivity index (χ0n) is 1.80. The van der Waals surface area contributed by atoms with Crippen molar-refractivity contribution in [2.24, 2.45) is 0 Å². The molecule has 0 saturated heterocycles. The average molecular weight is 98.1 g/mol. The van der Waals surface area contributed by atoms with Crippen molar-refractivity contribution < 1.29 is 9.45 Å². The molecule has 26 valence electrons. The molecule has 0 radical (unpaired) electrons. The van der Waals surface area contributed by atoms with Crippen LogP contribution in [-0.2, 0) is 0 Å². The first kappa shape index (κ1) is 4.70. The Morgan fingerprint density at radius 1 is 1.75 bits per heavy atom. The van der Waals surface area contributed by atoms with Gasteiger partial charge in [0.1, 0.15) is 0 Å². The molecule has 0 bridgehead atoms. The smallest absolute Gasteiger partial charge is 0.0997 e. The first-order chi connectivity index (χ1) is 1.91. The maximum absolute atomic E-state index is 7.62. The topological polar surface area (TPSA) is 40.5 Å². The van der Waals surface area contributed by atoms with E-state index in [1.54, 1.807) is 0 Å². The molecule has 1 atom stereocenters. The summed E-state index contributed by atoms with van der Waals surface area (Å²) in [5.41, 5.74) is 0. The van der Waals surface area contributed by atoms with Gasteiger partial charge in [-0.3, -0.25) is 0 Å². The second kappa shape index (κ2) is 3.70. The highest BCUT2D eigenvalue weighted by molar-refractivity contribution is 8.44. The van der Waals surface area contributed by atoms with Gasteiger partial charge in [-0.25, -0.2) is 0 Å². The van der Waals surface area contributed by atoms with E-state index in [1.165, 1.54) is 0 Å². The Hall–Kier alpha value is 0.700. The van der Waals surface area contributed by atoms with Crippen LogP contribution in [0, 0.1) is 0 Å². The Morgan fingerprint density at radius 2 is 2.00 bits per heavy atom.